The lowest BCUT2D eigenvalue weighted by Crippen LogP contribution is -2.11. The Balaban J connectivity index is 0.00000225. The van der Waals surface area contributed by atoms with Gasteiger partial charge in [0.15, 0.2) is 0 Å². The van der Waals surface area contributed by atoms with Gasteiger partial charge < -0.3 is 10.3 Å². The zero-order valence-corrected chi connectivity index (χ0v) is 15.6. The van der Waals surface area contributed by atoms with Crippen molar-refractivity contribution in [3.63, 3.8) is 0 Å². The molecule has 0 spiro atoms. The number of aromatic nitrogens is 2. The minimum absolute atomic E-state index is 0. The molecule has 6 heteroatoms. The molecule has 0 fully saturated rings. The van der Waals surface area contributed by atoms with Crippen LogP contribution in [-0.4, -0.2) is 15.9 Å². The summed E-state index contributed by atoms with van der Waals surface area (Å²) in [5.41, 5.74) is 3.40. The molecule has 0 atom stereocenters. The van der Waals surface area contributed by atoms with E-state index in [0.717, 1.165) is 41.7 Å². The van der Waals surface area contributed by atoms with Crippen molar-refractivity contribution in [2.45, 2.75) is 32.6 Å². The topological polar surface area (TPSA) is 57.8 Å². The lowest BCUT2D eigenvalue weighted by Gasteiger charge is -2.08. The zero-order valence-electron chi connectivity index (χ0n) is 14.0. The highest BCUT2D eigenvalue weighted by Gasteiger charge is 2.10. The van der Waals surface area contributed by atoms with Crippen molar-refractivity contribution in [3.05, 3.63) is 47.5 Å². The van der Waals surface area contributed by atoms with Crippen molar-refractivity contribution < 1.29 is 4.79 Å². The molecular formula is C19H21Cl2N3O. The Kier molecular flexibility index (Phi) is 6.85. The summed E-state index contributed by atoms with van der Waals surface area (Å²) >= 11 is 6.22. The minimum atomic E-state index is -0.00731. The summed E-state index contributed by atoms with van der Waals surface area (Å²) < 4.78 is 0. The summed E-state index contributed by atoms with van der Waals surface area (Å²) in [5.74, 6) is 0.751. The van der Waals surface area contributed by atoms with E-state index >= 15 is 0 Å². The van der Waals surface area contributed by atoms with E-state index in [0.29, 0.717) is 17.1 Å². The highest BCUT2D eigenvalue weighted by molar-refractivity contribution is 6.33. The third-order valence-electron chi connectivity index (χ3n) is 3.91. The number of carbonyl (C=O) groups excluding carboxylic acids is 1. The Labute approximate surface area is 158 Å². The van der Waals surface area contributed by atoms with Crippen molar-refractivity contribution >= 4 is 46.6 Å². The number of para-hydroxylation sites is 2. The normalized spacial score (nSPS) is 10.5. The molecule has 0 unspecified atom stereocenters. The van der Waals surface area contributed by atoms with Gasteiger partial charge in [-0.2, -0.15) is 0 Å². The van der Waals surface area contributed by atoms with Gasteiger partial charge in [0.2, 0.25) is 5.91 Å². The molecule has 4 nitrogen and oxygen atoms in total. The van der Waals surface area contributed by atoms with Gasteiger partial charge in [-0.3, -0.25) is 4.79 Å². The van der Waals surface area contributed by atoms with Crippen molar-refractivity contribution in [1.82, 2.24) is 9.97 Å². The van der Waals surface area contributed by atoms with Crippen LogP contribution < -0.4 is 5.32 Å². The predicted octanol–water partition coefficient (Wildman–Crippen LogP) is 5.82. The number of nitrogens with one attached hydrogen (secondary N) is 2. The van der Waals surface area contributed by atoms with Crippen LogP contribution in [0.15, 0.2) is 42.5 Å². The average molecular weight is 378 g/mol. The molecule has 132 valence electrons. The van der Waals surface area contributed by atoms with Gasteiger partial charge in [0, 0.05) is 12.0 Å². The van der Waals surface area contributed by atoms with E-state index in [9.17, 15) is 4.79 Å². The second-order valence-electron chi connectivity index (χ2n) is 5.80. The van der Waals surface area contributed by atoms with E-state index in [-0.39, 0.29) is 18.3 Å². The summed E-state index contributed by atoms with van der Waals surface area (Å²) in [6.07, 6.45) is 3.55. The second-order valence-corrected chi connectivity index (χ2v) is 6.21. The standard InChI is InChI=1S/C19H20ClN3O.ClH/c1-2-3-4-9-18(24)21-17-12-13(10-11-14(17)20)19-22-15-7-5-6-8-16(15)23-19;/h5-8,10-12H,2-4,9H2,1H3,(H,21,24)(H,22,23);1H. The fourth-order valence-electron chi connectivity index (χ4n) is 2.61. The maximum atomic E-state index is 12.0. The van der Waals surface area contributed by atoms with Gasteiger partial charge in [-0.1, -0.05) is 43.5 Å². The highest BCUT2D eigenvalue weighted by Crippen LogP contribution is 2.29. The molecule has 1 aromatic heterocycles. The van der Waals surface area contributed by atoms with Crippen molar-refractivity contribution in [2.24, 2.45) is 0 Å². The lowest BCUT2D eigenvalue weighted by atomic mass is 10.1. The summed E-state index contributed by atoms with van der Waals surface area (Å²) in [7, 11) is 0. The highest BCUT2D eigenvalue weighted by atomic mass is 35.5. The second kappa shape index (κ2) is 8.88. The Hall–Kier alpha value is -2.04. The smallest absolute Gasteiger partial charge is 0.224 e. The molecule has 0 radical (unpaired) electrons. The van der Waals surface area contributed by atoms with E-state index < -0.39 is 0 Å². The van der Waals surface area contributed by atoms with E-state index in [4.69, 9.17) is 11.6 Å². The van der Waals surface area contributed by atoms with Crippen LogP contribution in [-0.2, 0) is 4.79 Å². The number of anilines is 1. The van der Waals surface area contributed by atoms with Gasteiger partial charge in [0.25, 0.3) is 0 Å². The molecule has 25 heavy (non-hydrogen) atoms. The number of hydrogen-bond donors (Lipinski definition) is 2. The third kappa shape index (κ3) is 4.74. The molecule has 1 amide bonds. The molecule has 0 saturated carbocycles. The molecule has 0 aliphatic carbocycles. The number of unbranched alkanes of at least 4 members (excludes halogenated alkanes) is 2. The Bertz CT molecular complexity index is 828. The fourth-order valence-corrected chi connectivity index (χ4v) is 2.77. The summed E-state index contributed by atoms with van der Waals surface area (Å²) in [6, 6.07) is 13.4. The van der Waals surface area contributed by atoms with Crippen molar-refractivity contribution in [1.29, 1.82) is 0 Å². The number of rotatable bonds is 6. The van der Waals surface area contributed by atoms with Crippen molar-refractivity contribution in [3.8, 4) is 11.4 Å². The first-order valence-electron chi connectivity index (χ1n) is 8.22. The van der Waals surface area contributed by atoms with Crippen molar-refractivity contribution in [2.75, 3.05) is 5.32 Å². The summed E-state index contributed by atoms with van der Waals surface area (Å²) in [6.45, 7) is 2.12. The number of nitrogens with zero attached hydrogens (tertiary/aromatic N) is 1. The monoisotopic (exact) mass is 377 g/mol. The number of benzene rings is 2. The maximum Gasteiger partial charge on any atom is 0.224 e. The summed E-state index contributed by atoms with van der Waals surface area (Å²) in [4.78, 5) is 19.9. The Morgan fingerprint density at radius 3 is 2.76 bits per heavy atom. The molecule has 0 aliphatic rings. The fraction of sp³-hybridized carbons (Fsp3) is 0.263. The lowest BCUT2D eigenvalue weighted by molar-refractivity contribution is -0.116. The van der Waals surface area contributed by atoms with Gasteiger partial charge in [0.05, 0.1) is 21.7 Å². The molecule has 2 aromatic carbocycles. The number of H-pyrrole nitrogens is 1. The number of imidazole rings is 1. The largest absolute Gasteiger partial charge is 0.338 e. The van der Waals surface area contributed by atoms with Gasteiger partial charge in [-0.25, -0.2) is 4.98 Å². The van der Waals surface area contributed by atoms with Crippen LogP contribution in [0.1, 0.15) is 32.6 Å². The third-order valence-corrected chi connectivity index (χ3v) is 4.24. The van der Waals surface area contributed by atoms with Crippen LogP contribution >= 0.6 is 24.0 Å². The molecule has 3 aromatic rings. The van der Waals surface area contributed by atoms with E-state index in [1.165, 1.54) is 0 Å². The number of hydrogen-bond acceptors (Lipinski definition) is 2. The van der Waals surface area contributed by atoms with Gasteiger partial charge in [-0.15, -0.1) is 12.4 Å². The number of fused-ring (bicyclic) bond motifs is 1. The first-order chi connectivity index (χ1) is 11.7. The molecule has 3 rings (SSSR count). The molecule has 2 N–H and O–H groups in total. The first-order valence-corrected chi connectivity index (χ1v) is 8.59. The van der Waals surface area contributed by atoms with Crippen LogP contribution in [0.4, 0.5) is 5.69 Å². The van der Waals surface area contributed by atoms with E-state index in [2.05, 4.69) is 22.2 Å². The van der Waals surface area contributed by atoms with Gasteiger partial charge >= 0.3 is 0 Å². The average Bonchev–Trinajstić information content (AvgIpc) is 3.01. The van der Waals surface area contributed by atoms with Crippen LogP contribution in [0.25, 0.3) is 22.4 Å². The van der Waals surface area contributed by atoms with E-state index in [1.807, 2.05) is 36.4 Å². The number of aromatic amines is 1. The molecule has 1 heterocycles. The zero-order chi connectivity index (χ0) is 16.9. The number of amides is 1. The van der Waals surface area contributed by atoms with Gasteiger partial charge in [0.1, 0.15) is 5.82 Å². The molecule has 0 saturated heterocycles. The Morgan fingerprint density at radius 2 is 2.00 bits per heavy atom. The molecular weight excluding hydrogens is 357 g/mol. The SMILES string of the molecule is CCCCCC(=O)Nc1cc(-c2nc3ccccc3[nH]2)ccc1Cl.Cl. The Morgan fingerprint density at radius 1 is 1.20 bits per heavy atom. The molecule has 0 bridgehead atoms. The first kappa shape index (κ1) is 19.3. The van der Waals surface area contributed by atoms with Crippen LogP contribution in [0.5, 0.6) is 0 Å². The number of carbonyl (C=O) groups is 1. The van der Waals surface area contributed by atoms with Crippen LogP contribution in [0.3, 0.4) is 0 Å². The maximum absolute atomic E-state index is 12.0. The summed E-state index contributed by atoms with van der Waals surface area (Å²) in [5, 5.41) is 3.43. The van der Waals surface area contributed by atoms with Crippen LogP contribution in [0, 0.1) is 0 Å². The molecule has 0 aliphatic heterocycles. The van der Waals surface area contributed by atoms with Crippen LogP contribution in [0.2, 0.25) is 5.02 Å². The van der Waals surface area contributed by atoms with E-state index in [1.54, 1.807) is 6.07 Å². The number of halogens is 2. The minimum Gasteiger partial charge on any atom is -0.338 e. The van der Waals surface area contributed by atoms with Gasteiger partial charge in [-0.05, 0) is 36.8 Å². The predicted molar refractivity (Wildman–Crippen MR) is 107 cm³/mol. The quantitative estimate of drug-likeness (QED) is 0.531.